The van der Waals surface area contributed by atoms with Crippen LogP contribution in [0.4, 0.5) is 0 Å². The Labute approximate surface area is 170 Å². The lowest BCUT2D eigenvalue weighted by Crippen LogP contribution is -2.34. The summed E-state index contributed by atoms with van der Waals surface area (Å²) >= 11 is 0. The second-order valence-electron chi connectivity index (χ2n) is 7.06. The van der Waals surface area contributed by atoms with E-state index in [1.165, 1.54) is 0 Å². The summed E-state index contributed by atoms with van der Waals surface area (Å²) in [6.07, 6.45) is 2.00. The van der Waals surface area contributed by atoms with Crippen molar-refractivity contribution in [2.75, 3.05) is 119 Å². The van der Waals surface area contributed by atoms with Crippen molar-refractivity contribution in [2.45, 2.75) is 12.8 Å². The van der Waals surface area contributed by atoms with E-state index in [9.17, 15) is 0 Å². The molecule has 0 aromatic heterocycles. The number of rotatable bonds is 0. The molecule has 0 N–H and O–H groups in total. The maximum Gasteiger partial charge on any atom is 0.0701 e. The minimum atomic E-state index is 0.643. The summed E-state index contributed by atoms with van der Waals surface area (Å²) in [4.78, 5) is 4.75. The van der Waals surface area contributed by atoms with Crippen molar-refractivity contribution in [3.63, 3.8) is 0 Å². The Morgan fingerprint density at radius 2 is 0.571 bits per heavy atom. The van der Waals surface area contributed by atoms with E-state index in [0.29, 0.717) is 66.1 Å². The van der Waals surface area contributed by atoms with E-state index in [2.05, 4.69) is 9.80 Å². The van der Waals surface area contributed by atoms with E-state index in [1.807, 2.05) is 0 Å². The normalized spacial score (nSPS) is 30.0. The zero-order chi connectivity index (χ0) is 19.5. The largest absolute Gasteiger partial charge is 0.379 e. The smallest absolute Gasteiger partial charge is 0.0701 e. The molecule has 28 heavy (non-hydrogen) atoms. The van der Waals surface area contributed by atoms with Gasteiger partial charge in [-0.05, 0) is 12.8 Å². The lowest BCUT2D eigenvalue weighted by Gasteiger charge is -2.24. The molecule has 0 saturated carbocycles. The lowest BCUT2D eigenvalue weighted by molar-refractivity contribution is 0.00184. The van der Waals surface area contributed by atoms with E-state index < -0.39 is 0 Å². The van der Waals surface area contributed by atoms with Crippen LogP contribution in [-0.4, -0.2) is 128 Å². The van der Waals surface area contributed by atoms with E-state index in [4.69, 9.17) is 28.4 Å². The Balaban J connectivity index is 1.86. The van der Waals surface area contributed by atoms with Crippen molar-refractivity contribution in [2.24, 2.45) is 0 Å². The molecule has 0 spiro atoms. The minimum absolute atomic E-state index is 0.643. The first kappa shape index (κ1) is 24.0. The molecule has 3 saturated heterocycles. The molecule has 0 aromatic carbocycles. The van der Waals surface area contributed by atoms with Gasteiger partial charge in [-0.15, -0.1) is 0 Å². The van der Waals surface area contributed by atoms with Crippen molar-refractivity contribution >= 4 is 0 Å². The van der Waals surface area contributed by atoms with Crippen LogP contribution < -0.4 is 0 Å². The van der Waals surface area contributed by atoms with Gasteiger partial charge in [-0.1, -0.05) is 0 Å². The highest BCUT2D eigenvalue weighted by atomic mass is 16.5. The molecular weight excluding hydrogens is 364 g/mol. The Morgan fingerprint density at radius 3 is 0.893 bits per heavy atom. The van der Waals surface area contributed by atoms with E-state index >= 15 is 0 Å². The molecule has 0 amide bonds. The van der Waals surface area contributed by atoms with Gasteiger partial charge in [0.25, 0.3) is 0 Å². The van der Waals surface area contributed by atoms with Crippen molar-refractivity contribution in [1.82, 2.24) is 9.80 Å². The summed E-state index contributed by atoms with van der Waals surface area (Å²) in [7, 11) is 0. The van der Waals surface area contributed by atoms with Gasteiger partial charge in [0.2, 0.25) is 0 Å². The molecule has 3 fully saturated rings. The molecule has 0 atom stereocenters. The lowest BCUT2D eigenvalue weighted by atomic mass is 10.3. The minimum Gasteiger partial charge on any atom is -0.379 e. The Hall–Kier alpha value is -0.320. The standard InChI is InChI=1S/C20H40N2O6/c1-3-21-5-11-25-17-19-27-13-7-22(4-2-10-24-16-15-23-9-1)8-14-28-20-18-26-12-6-21/h1-20H2. The second-order valence-corrected chi connectivity index (χ2v) is 7.06. The van der Waals surface area contributed by atoms with Gasteiger partial charge in [-0.2, -0.15) is 0 Å². The van der Waals surface area contributed by atoms with Gasteiger partial charge in [0.15, 0.2) is 0 Å². The molecule has 0 aromatic rings. The zero-order valence-electron chi connectivity index (χ0n) is 17.5. The van der Waals surface area contributed by atoms with Gasteiger partial charge in [-0.25, -0.2) is 0 Å². The van der Waals surface area contributed by atoms with Crippen LogP contribution in [0.3, 0.4) is 0 Å². The average Bonchev–Trinajstić information content (AvgIpc) is 2.70. The van der Waals surface area contributed by atoms with Crippen LogP contribution >= 0.6 is 0 Å². The van der Waals surface area contributed by atoms with E-state index in [-0.39, 0.29) is 0 Å². The van der Waals surface area contributed by atoms with E-state index in [0.717, 1.165) is 65.3 Å². The maximum atomic E-state index is 5.75. The third kappa shape index (κ3) is 13.0. The summed E-state index contributed by atoms with van der Waals surface area (Å²) in [6.45, 7) is 13.8. The molecule has 3 heterocycles. The molecule has 0 aliphatic carbocycles. The molecule has 3 aliphatic rings. The number of ether oxygens (including phenoxy) is 6. The fourth-order valence-corrected chi connectivity index (χ4v) is 3.19. The molecule has 8 nitrogen and oxygen atoms in total. The van der Waals surface area contributed by atoms with Crippen LogP contribution in [0.2, 0.25) is 0 Å². The molecule has 8 heteroatoms. The van der Waals surface area contributed by atoms with Crippen molar-refractivity contribution < 1.29 is 28.4 Å². The third-order valence-electron chi connectivity index (χ3n) is 4.85. The summed E-state index contributed by atoms with van der Waals surface area (Å²) in [5.41, 5.74) is 0. The topological polar surface area (TPSA) is 61.9 Å². The molecular formula is C20H40N2O6. The van der Waals surface area contributed by atoms with Crippen LogP contribution in [-0.2, 0) is 28.4 Å². The fourth-order valence-electron chi connectivity index (χ4n) is 3.19. The summed E-state index contributed by atoms with van der Waals surface area (Å²) in [5.74, 6) is 0. The average molecular weight is 405 g/mol. The third-order valence-corrected chi connectivity index (χ3v) is 4.85. The number of hydrogen-bond donors (Lipinski definition) is 0. The first-order chi connectivity index (χ1) is 13.9. The van der Waals surface area contributed by atoms with Gasteiger partial charge in [-0.3, -0.25) is 9.80 Å². The molecule has 3 aliphatic heterocycles. The monoisotopic (exact) mass is 404 g/mol. The summed E-state index contributed by atoms with van der Waals surface area (Å²) < 4.78 is 34.4. The molecule has 3 rings (SSSR count). The Kier molecular flexibility index (Phi) is 15.0. The van der Waals surface area contributed by atoms with Crippen LogP contribution in [0.25, 0.3) is 0 Å². The van der Waals surface area contributed by atoms with Gasteiger partial charge in [0, 0.05) is 52.5 Å². The van der Waals surface area contributed by atoms with Crippen LogP contribution in [0.1, 0.15) is 12.8 Å². The zero-order valence-corrected chi connectivity index (χ0v) is 17.5. The van der Waals surface area contributed by atoms with Crippen LogP contribution in [0.15, 0.2) is 0 Å². The highest BCUT2D eigenvalue weighted by molar-refractivity contribution is 4.60. The van der Waals surface area contributed by atoms with E-state index in [1.54, 1.807) is 0 Å². The fraction of sp³-hybridized carbons (Fsp3) is 1.00. The Bertz CT molecular complexity index is 293. The molecule has 2 bridgehead atoms. The second kappa shape index (κ2) is 17.5. The highest BCUT2D eigenvalue weighted by Gasteiger charge is 2.08. The van der Waals surface area contributed by atoms with Crippen LogP contribution in [0.5, 0.6) is 0 Å². The quantitative estimate of drug-likeness (QED) is 0.578. The highest BCUT2D eigenvalue weighted by Crippen LogP contribution is 1.98. The van der Waals surface area contributed by atoms with Crippen molar-refractivity contribution in [3.05, 3.63) is 0 Å². The molecule has 0 radical (unpaired) electrons. The van der Waals surface area contributed by atoms with Crippen molar-refractivity contribution in [1.29, 1.82) is 0 Å². The van der Waals surface area contributed by atoms with Crippen LogP contribution in [0, 0.1) is 0 Å². The predicted octanol–water partition coefficient (Wildman–Crippen LogP) is 0.497. The maximum absolute atomic E-state index is 5.75. The van der Waals surface area contributed by atoms with Gasteiger partial charge >= 0.3 is 0 Å². The summed E-state index contributed by atoms with van der Waals surface area (Å²) in [5, 5.41) is 0. The van der Waals surface area contributed by atoms with Gasteiger partial charge < -0.3 is 28.4 Å². The number of fused-ring (bicyclic) bond motifs is 23. The van der Waals surface area contributed by atoms with Gasteiger partial charge in [0.05, 0.1) is 66.1 Å². The summed E-state index contributed by atoms with van der Waals surface area (Å²) in [6, 6.07) is 0. The first-order valence-corrected chi connectivity index (χ1v) is 10.9. The van der Waals surface area contributed by atoms with Gasteiger partial charge in [0.1, 0.15) is 0 Å². The number of hydrogen-bond acceptors (Lipinski definition) is 8. The Morgan fingerprint density at radius 1 is 0.286 bits per heavy atom. The first-order valence-electron chi connectivity index (χ1n) is 10.9. The van der Waals surface area contributed by atoms with Crippen molar-refractivity contribution in [3.8, 4) is 0 Å². The predicted molar refractivity (Wildman–Crippen MR) is 107 cm³/mol. The number of nitrogens with zero attached hydrogens (tertiary/aromatic N) is 2. The molecule has 166 valence electrons. The SMILES string of the molecule is C1COCCOCCCN2CCOCCOCCN(C1)CCOCCOCC2. The molecule has 0 unspecified atom stereocenters.